The molecule has 5 nitrogen and oxygen atoms in total. The molecule has 16 heavy (non-hydrogen) atoms. The van der Waals surface area contributed by atoms with E-state index in [0.29, 0.717) is 17.8 Å². The van der Waals surface area contributed by atoms with Gasteiger partial charge in [0.2, 0.25) is 5.95 Å². The first-order valence-corrected chi connectivity index (χ1v) is 5.73. The molecule has 0 saturated carbocycles. The Labute approximate surface area is 95.9 Å². The summed E-state index contributed by atoms with van der Waals surface area (Å²) in [5.74, 6) is 2.23. The number of hydrogen-bond acceptors (Lipinski definition) is 5. The number of nitrogens with zero attached hydrogens (tertiary/aromatic N) is 3. The summed E-state index contributed by atoms with van der Waals surface area (Å²) in [6, 6.07) is 2.29. The number of anilines is 3. The molecule has 5 heteroatoms. The van der Waals surface area contributed by atoms with Gasteiger partial charge in [-0.1, -0.05) is 6.92 Å². The van der Waals surface area contributed by atoms with Crippen LogP contribution in [-0.4, -0.2) is 22.6 Å². The summed E-state index contributed by atoms with van der Waals surface area (Å²) in [5.41, 5.74) is 11.3. The van der Waals surface area contributed by atoms with E-state index in [0.717, 1.165) is 12.4 Å². The topological polar surface area (TPSA) is 81.1 Å². The Hall–Kier alpha value is -1.52. The van der Waals surface area contributed by atoms with Gasteiger partial charge in [-0.15, -0.1) is 0 Å². The zero-order valence-electron chi connectivity index (χ0n) is 9.85. The van der Waals surface area contributed by atoms with Gasteiger partial charge in [-0.25, -0.2) is 0 Å². The molecular formula is C11H19N5. The minimum absolute atomic E-state index is 0.250. The molecule has 0 amide bonds. The molecule has 0 spiro atoms. The normalized spacial score (nSPS) is 25.8. The summed E-state index contributed by atoms with van der Waals surface area (Å²) >= 11 is 0. The Morgan fingerprint density at radius 3 is 2.69 bits per heavy atom. The fourth-order valence-corrected chi connectivity index (χ4v) is 2.23. The van der Waals surface area contributed by atoms with Gasteiger partial charge in [-0.3, -0.25) is 0 Å². The van der Waals surface area contributed by atoms with Crippen LogP contribution in [0.3, 0.4) is 0 Å². The van der Waals surface area contributed by atoms with Gasteiger partial charge < -0.3 is 16.4 Å². The molecule has 88 valence electrons. The fraction of sp³-hybridized carbons (Fsp3) is 0.636. The summed E-state index contributed by atoms with van der Waals surface area (Å²) in [5, 5.41) is 0. The molecule has 4 N–H and O–H groups in total. The van der Waals surface area contributed by atoms with Gasteiger partial charge in [-0.05, 0) is 25.7 Å². The first kappa shape index (κ1) is 11.0. The molecule has 0 aromatic carbocycles. The molecular weight excluding hydrogens is 202 g/mol. The van der Waals surface area contributed by atoms with Crippen LogP contribution in [0.1, 0.15) is 26.7 Å². The van der Waals surface area contributed by atoms with Gasteiger partial charge in [0.25, 0.3) is 0 Å². The molecule has 2 unspecified atom stereocenters. The van der Waals surface area contributed by atoms with Crippen molar-refractivity contribution in [2.75, 3.05) is 22.9 Å². The lowest BCUT2D eigenvalue weighted by Gasteiger charge is -2.37. The zero-order valence-corrected chi connectivity index (χ0v) is 9.85. The van der Waals surface area contributed by atoms with Crippen molar-refractivity contribution < 1.29 is 0 Å². The summed E-state index contributed by atoms with van der Waals surface area (Å²) < 4.78 is 0. The van der Waals surface area contributed by atoms with Crippen LogP contribution in [0.4, 0.5) is 17.6 Å². The molecule has 1 aliphatic rings. The fourth-order valence-electron chi connectivity index (χ4n) is 2.23. The maximum Gasteiger partial charge on any atom is 0.223 e. The third-order valence-corrected chi connectivity index (χ3v) is 3.16. The summed E-state index contributed by atoms with van der Waals surface area (Å²) in [6.45, 7) is 5.48. The van der Waals surface area contributed by atoms with E-state index < -0.39 is 0 Å². The highest BCUT2D eigenvalue weighted by molar-refractivity contribution is 5.51. The zero-order chi connectivity index (χ0) is 11.7. The standard InChI is InChI=1S/C11H19N5/c1-7-3-4-8(2)16(6-7)10-5-9(12)14-11(13)15-10/h5,7-8H,3-4,6H2,1-2H3,(H4,12,13,14,15). The second-order valence-corrected chi connectivity index (χ2v) is 4.69. The van der Waals surface area contributed by atoms with Gasteiger partial charge in [0.1, 0.15) is 11.6 Å². The molecule has 1 fully saturated rings. The first-order valence-electron chi connectivity index (χ1n) is 5.73. The lowest BCUT2D eigenvalue weighted by atomic mass is 9.95. The maximum absolute atomic E-state index is 5.69. The van der Waals surface area contributed by atoms with E-state index in [1.54, 1.807) is 6.07 Å². The second-order valence-electron chi connectivity index (χ2n) is 4.69. The largest absolute Gasteiger partial charge is 0.383 e. The van der Waals surface area contributed by atoms with E-state index >= 15 is 0 Å². The summed E-state index contributed by atoms with van der Waals surface area (Å²) in [6.07, 6.45) is 2.46. The Kier molecular flexibility index (Phi) is 2.85. The highest BCUT2D eigenvalue weighted by Gasteiger charge is 2.24. The number of rotatable bonds is 1. The van der Waals surface area contributed by atoms with E-state index in [4.69, 9.17) is 11.5 Å². The van der Waals surface area contributed by atoms with Crippen molar-refractivity contribution in [3.8, 4) is 0 Å². The van der Waals surface area contributed by atoms with Gasteiger partial charge in [0.15, 0.2) is 0 Å². The number of piperidine rings is 1. The molecule has 2 rings (SSSR count). The Balaban J connectivity index is 2.27. The average Bonchev–Trinajstić information content (AvgIpc) is 2.20. The molecule has 0 aliphatic carbocycles. The molecule has 0 radical (unpaired) electrons. The van der Waals surface area contributed by atoms with E-state index in [-0.39, 0.29) is 5.95 Å². The maximum atomic E-state index is 5.69. The van der Waals surface area contributed by atoms with Crippen molar-refractivity contribution in [3.63, 3.8) is 0 Å². The quantitative estimate of drug-likeness (QED) is 0.746. The molecule has 2 atom stereocenters. The van der Waals surface area contributed by atoms with E-state index in [9.17, 15) is 0 Å². The first-order chi connectivity index (χ1) is 7.56. The van der Waals surface area contributed by atoms with Crippen LogP contribution in [0.25, 0.3) is 0 Å². The van der Waals surface area contributed by atoms with Crippen molar-refractivity contribution in [1.82, 2.24) is 9.97 Å². The Morgan fingerprint density at radius 1 is 1.25 bits per heavy atom. The molecule has 1 saturated heterocycles. The van der Waals surface area contributed by atoms with Crippen molar-refractivity contribution in [3.05, 3.63) is 6.07 Å². The number of aromatic nitrogens is 2. The van der Waals surface area contributed by atoms with Crippen LogP contribution in [0.15, 0.2) is 6.07 Å². The van der Waals surface area contributed by atoms with Crippen LogP contribution >= 0.6 is 0 Å². The Morgan fingerprint density at radius 2 is 2.00 bits per heavy atom. The van der Waals surface area contributed by atoms with Crippen LogP contribution < -0.4 is 16.4 Å². The number of nitrogen functional groups attached to an aromatic ring is 2. The van der Waals surface area contributed by atoms with Crippen molar-refractivity contribution in [2.45, 2.75) is 32.7 Å². The lowest BCUT2D eigenvalue weighted by Crippen LogP contribution is -2.41. The molecule has 1 aromatic rings. The van der Waals surface area contributed by atoms with E-state index in [1.165, 1.54) is 12.8 Å². The van der Waals surface area contributed by atoms with Crippen molar-refractivity contribution >= 4 is 17.6 Å². The molecule has 1 aliphatic heterocycles. The third kappa shape index (κ3) is 2.18. The van der Waals surface area contributed by atoms with Crippen molar-refractivity contribution in [1.29, 1.82) is 0 Å². The number of nitrogens with two attached hydrogens (primary N) is 2. The van der Waals surface area contributed by atoms with Gasteiger partial charge in [-0.2, -0.15) is 9.97 Å². The van der Waals surface area contributed by atoms with Crippen LogP contribution in [0, 0.1) is 5.92 Å². The number of hydrogen-bond donors (Lipinski definition) is 2. The minimum Gasteiger partial charge on any atom is -0.383 e. The van der Waals surface area contributed by atoms with Crippen LogP contribution in [-0.2, 0) is 0 Å². The van der Waals surface area contributed by atoms with Crippen LogP contribution in [0.2, 0.25) is 0 Å². The molecule has 1 aromatic heterocycles. The highest BCUT2D eigenvalue weighted by atomic mass is 15.2. The van der Waals surface area contributed by atoms with E-state index in [2.05, 4.69) is 28.7 Å². The smallest absolute Gasteiger partial charge is 0.223 e. The third-order valence-electron chi connectivity index (χ3n) is 3.16. The van der Waals surface area contributed by atoms with Crippen LogP contribution in [0.5, 0.6) is 0 Å². The molecule has 2 heterocycles. The monoisotopic (exact) mass is 221 g/mol. The highest BCUT2D eigenvalue weighted by Crippen LogP contribution is 2.27. The predicted molar refractivity (Wildman–Crippen MR) is 66.1 cm³/mol. The van der Waals surface area contributed by atoms with Gasteiger partial charge in [0, 0.05) is 18.7 Å². The van der Waals surface area contributed by atoms with Gasteiger partial charge in [0.05, 0.1) is 0 Å². The second kappa shape index (κ2) is 4.15. The summed E-state index contributed by atoms with van der Waals surface area (Å²) in [7, 11) is 0. The SMILES string of the molecule is CC1CCC(C)N(c2cc(N)nc(N)n2)C1. The lowest BCUT2D eigenvalue weighted by molar-refractivity contribution is 0.388. The average molecular weight is 221 g/mol. The minimum atomic E-state index is 0.250. The van der Waals surface area contributed by atoms with Gasteiger partial charge >= 0.3 is 0 Å². The predicted octanol–water partition coefficient (Wildman–Crippen LogP) is 1.27. The van der Waals surface area contributed by atoms with E-state index in [1.807, 2.05) is 0 Å². The molecule has 0 bridgehead atoms. The van der Waals surface area contributed by atoms with Crippen molar-refractivity contribution in [2.24, 2.45) is 5.92 Å². The Bertz CT molecular complexity index is 358. The summed E-state index contributed by atoms with van der Waals surface area (Å²) in [4.78, 5) is 10.4.